The number of nitrogen functional groups attached to an aromatic ring is 1. The average molecular weight is 394 g/mol. The number of hydrogen-bond acceptors (Lipinski definition) is 8. The maximum Gasteiger partial charge on any atom is 0.338 e. The molecule has 1 aromatic heterocycles. The highest BCUT2D eigenvalue weighted by Crippen LogP contribution is 2.32. The lowest BCUT2D eigenvalue weighted by atomic mass is 10.2. The minimum Gasteiger partial charge on any atom is -0.493 e. The number of aromatic nitrogens is 2. The number of nitrogens with one attached hydrogen (secondary N) is 1. The number of carbonyl (C=O) groups excluding carboxylic acids is 1. The summed E-state index contributed by atoms with van der Waals surface area (Å²) in [5.74, 6) is 2.10. The summed E-state index contributed by atoms with van der Waals surface area (Å²) in [5.41, 5.74) is 7.92. The predicted molar refractivity (Wildman–Crippen MR) is 111 cm³/mol. The van der Waals surface area contributed by atoms with Gasteiger partial charge in [0.05, 0.1) is 26.4 Å². The molecule has 0 saturated heterocycles. The van der Waals surface area contributed by atoms with Crippen LogP contribution < -0.4 is 20.5 Å². The largest absolute Gasteiger partial charge is 0.493 e. The molecule has 0 amide bonds. The van der Waals surface area contributed by atoms with Crippen molar-refractivity contribution in [1.82, 2.24) is 9.97 Å². The highest BCUT2D eigenvalue weighted by molar-refractivity contribution is 5.89. The summed E-state index contributed by atoms with van der Waals surface area (Å²) in [6.07, 6.45) is 0. The molecule has 3 aromatic rings. The average Bonchev–Trinajstić information content (AvgIpc) is 2.73. The molecule has 0 unspecified atom stereocenters. The zero-order valence-electron chi connectivity index (χ0n) is 16.4. The number of rotatable bonds is 7. The van der Waals surface area contributed by atoms with E-state index in [1.165, 1.54) is 0 Å². The second kappa shape index (κ2) is 8.92. The van der Waals surface area contributed by atoms with Gasteiger partial charge in [-0.1, -0.05) is 0 Å². The molecule has 0 atom stereocenters. The molecule has 0 fully saturated rings. The zero-order chi connectivity index (χ0) is 20.8. The van der Waals surface area contributed by atoms with Crippen LogP contribution in [0.15, 0.2) is 48.5 Å². The van der Waals surface area contributed by atoms with Crippen molar-refractivity contribution >= 4 is 23.3 Å². The molecule has 3 N–H and O–H groups in total. The molecule has 0 radical (unpaired) electrons. The number of esters is 1. The van der Waals surface area contributed by atoms with Crippen molar-refractivity contribution in [2.24, 2.45) is 0 Å². The number of anilines is 3. The van der Waals surface area contributed by atoms with Gasteiger partial charge >= 0.3 is 5.97 Å². The monoisotopic (exact) mass is 394 g/mol. The summed E-state index contributed by atoms with van der Waals surface area (Å²) in [6.45, 7) is 2.10. The Labute approximate surface area is 168 Å². The maximum absolute atomic E-state index is 11.8. The summed E-state index contributed by atoms with van der Waals surface area (Å²) in [7, 11) is 3.14. The van der Waals surface area contributed by atoms with Gasteiger partial charge in [-0.05, 0) is 49.4 Å². The van der Waals surface area contributed by atoms with Crippen molar-refractivity contribution in [3.8, 4) is 22.9 Å². The van der Waals surface area contributed by atoms with Crippen molar-refractivity contribution in [2.75, 3.05) is 31.9 Å². The summed E-state index contributed by atoms with van der Waals surface area (Å²) in [4.78, 5) is 20.6. The second-order valence-corrected chi connectivity index (χ2v) is 5.99. The van der Waals surface area contributed by atoms with Gasteiger partial charge in [0, 0.05) is 17.3 Å². The molecular weight excluding hydrogens is 372 g/mol. The van der Waals surface area contributed by atoms with Crippen molar-refractivity contribution in [3.63, 3.8) is 0 Å². The number of carbonyl (C=O) groups is 1. The van der Waals surface area contributed by atoms with Crippen LogP contribution in [0.3, 0.4) is 0 Å². The first-order valence-electron chi connectivity index (χ1n) is 8.95. The van der Waals surface area contributed by atoms with Crippen LogP contribution >= 0.6 is 0 Å². The molecule has 8 heteroatoms. The standard InChI is InChI=1S/C21H22N4O4/c1-4-29-21(26)13-5-8-15(9-6-13)23-19-12-18(22)24-20(25-19)14-7-10-16(27-2)17(11-14)28-3/h5-12H,4H2,1-3H3,(H3,22,23,24,25). The van der Waals surface area contributed by atoms with Gasteiger partial charge in [0.15, 0.2) is 17.3 Å². The molecule has 8 nitrogen and oxygen atoms in total. The van der Waals surface area contributed by atoms with E-state index in [0.29, 0.717) is 41.1 Å². The summed E-state index contributed by atoms with van der Waals surface area (Å²) >= 11 is 0. The first-order chi connectivity index (χ1) is 14.0. The van der Waals surface area contributed by atoms with Gasteiger partial charge in [-0.3, -0.25) is 0 Å². The third kappa shape index (κ3) is 4.73. The molecule has 2 aromatic carbocycles. The fraction of sp³-hybridized carbons (Fsp3) is 0.190. The van der Waals surface area contributed by atoms with Crippen molar-refractivity contribution in [1.29, 1.82) is 0 Å². The van der Waals surface area contributed by atoms with Crippen molar-refractivity contribution < 1.29 is 19.0 Å². The smallest absolute Gasteiger partial charge is 0.338 e. The van der Waals surface area contributed by atoms with E-state index < -0.39 is 0 Å². The highest BCUT2D eigenvalue weighted by atomic mass is 16.5. The Hall–Kier alpha value is -3.81. The fourth-order valence-corrected chi connectivity index (χ4v) is 2.69. The Morgan fingerprint density at radius 2 is 1.72 bits per heavy atom. The Morgan fingerprint density at radius 3 is 2.38 bits per heavy atom. The first kappa shape index (κ1) is 19.9. The molecule has 0 aliphatic carbocycles. The molecule has 0 spiro atoms. The molecule has 0 bridgehead atoms. The fourth-order valence-electron chi connectivity index (χ4n) is 2.69. The number of nitrogens with zero attached hydrogens (tertiary/aromatic N) is 2. The van der Waals surface area contributed by atoms with Crippen LogP contribution in [0.25, 0.3) is 11.4 Å². The van der Waals surface area contributed by atoms with Gasteiger partial charge in [0.1, 0.15) is 11.6 Å². The van der Waals surface area contributed by atoms with Gasteiger partial charge in [0.25, 0.3) is 0 Å². The van der Waals surface area contributed by atoms with E-state index in [1.54, 1.807) is 63.6 Å². The van der Waals surface area contributed by atoms with Gasteiger partial charge in [0.2, 0.25) is 0 Å². The third-order valence-corrected chi connectivity index (χ3v) is 4.06. The topological polar surface area (TPSA) is 109 Å². The third-order valence-electron chi connectivity index (χ3n) is 4.06. The van der Waals surface area contributed by atoms with Crippen LogP contribution in [0.2, 0.25) is 0 Å². The molecule has 0 aliphatic rings. The summed E-state index contributed by atoms with van der Waals surface area (Å²) in [5, 5.41) is 3.17. The van der Waals surface area contributed by atoms with E-state index in [2.05, 4.69) is 15.3 Å². The second-order valence-electron chi connectivity index (χ2n) is 5.99. The van der Waals surface area contributed by atoms with E-state index in [1.807, 2.05) is 6.07 Å². The van der Waals surface area contributed by atoms with E-state index in [0.717, 1.165) is 11.3 Å². The molecule has 0 saturated carbocycles. The summed E-state index contributed by atoms with van der Waals surface area (Å²) < 4.78 is 15.6. The lowest BCUT2D eigenvalue weighted by Gasteiger charge is -2.11. The normalized spacial score (nSPS) is 10.3. The lowest BCUT2D eigenvalue weighted by molar-refractivity contribution is 0.0526. The minimum absolute atomic E-state index is 0.315. The molecule has 1 heterocycles. The summed E-state index contributed by atoms with van der Waals surface area (Å²) in [6, 6.07) is 13.9. The molecule has 3 rings (SSSR count). The predicted octanol–water partition coefficient (Wildman–Crippen LogP) is 3.66. The van der Waals surface area contributed by atoms with Gasteiger partial charge < -0.3 is 25.3 Å². The Bertz CT molecular complexity index is 1010. The number of ether oxygens (including phenoxy) is 3. The molecule has 150 valence electrons. The number of hydrogen-bond donors (Lipinski definition) is 2. The lowest BCUT2D eigenvalue weighted by Crippen LogP contribution is -2.05. The Morgan fingerprint density at radius 1 is 1.00 bits per heavy atom. The van der Waals surface area contributed by atoms with Crippen molar-refractivity contribution in [3.05, 3.63) is 54.1 Å². The van der Waals surface area contributed by atoms with E-state index in [4.69, 9.17) is 19.9 Å². The van der Waals surface area contributed by atoms with E-state index in [9.17, 15) is 4.79 Å². The molecular formula is C21H22N4O4. The Kier molecular flexibility index (Phi) is 6.13. The number of methoxy groups -OCH3 is 2. The quantitative estimate of drug-likeness (QED) is 0.585. The van der Waals surface area contributed by atoms with Crippen LogP contribution in [0, 0.1) is 0 Å². The number of benzene rings is 2. The van der Waals surface area contributed by atoms with Crippen LogP contribution in [-0.4, -0.2) is 36.8 Å². The van der Waals surface area contributed by atoms with Crippen LogP contribution in [0.1, 0.15) is 17.3 Å². The van der Waals surface area contributed by atoms with E-state index in [-0.39, 0.29) is 5.97 Å². The van der Waals surface area contributed by atoms with Crippen LogP contribution in [0.4, 0.5) is 17.3 Å². The minimum atomic E-state index is -0.360. The zero-order valence-corrected chi connectivity index (χ0v) is 16.4. The van der Waals surface area contributed by atoms with Gasteiger partial charge in [-0.25, -0.2) is 14.8 Å². The number of nitrogens with two attached hydrogens (primary N) is 1. The molecule has 29 heavy (non-hydrogen) atoms. The maximum atomic E-state index is 11.8. The van der Waals surface area contributed by atoms with Crippen LogP contribution in [0.5, 0.6) is 11.5 Å². The highest BCUT2D eigenvalue weighted by Gasteiger charge is 2.11. The van der Waals surface area contributed by atoms with E-state index >= 15 is 0 Å². The van der Waals surface area contributed by atoms with Gasteiger partial charge in [-0.2, -0.15) is 0 Å². The Balaban J connectivity index is 1.85. The van der Waals surface area contributed by atoms with Crippen LogP contribution in [-0.2, 0) is 4.74 Å². The SMILES string of the molecule is CCOC(=O)c1ccc(Nc2cc(N)nc(-c3ccc(OC)c(OC)c3)n2)cc1. The molecule has 0 aliphatic heterocycles. The van der Waals surface area contributed by atoms with Crippen molar-refractivity contribution in [2.45, 2.75) is 6.92 Å². The van der Waals surface area contributed by atoms with Gasteiger partial charge in [-0.15, -0.1) is 0 Å². The first-order valence-corrected chi connectivity index (χ1v) is 8.95.